The summed E-state index contributed by atoms with van der Waals surface area (Å²) in [5.41, 5.74) is 0. The molecule has 0 radical (unpaired) electrons. The van der Waals surface area contributed by atoms with E-state index < -0.39 is 24.0 Å². The van der Waals surface area contributed by atoms with Crippen LogP contribution in [0.25, 0.3) is 0 Å². The van der Waals surface area contributed by atoms with Crippen molar-refractivity contribution in [2.24, 2.45) is 0 Å². The van der Waals surface area contributed by atoms with Crippen molar-refractivity contribution in [3.63, 3.8) is 0 Å². The average Bonchev–Trinajstić information content (AvgIpc) is 1.81. The van der Waals surface area contributed by atoms with Crippen molar-refractivity contribution in [2.45, 2.75) is 26.0 Å². The van der Waals surface area contributed by atoms with Gasteiger partial charge in [-0.1, -0.05) is 0 Å². The maximum atomic E-state index is 10.4. The molecule has 0 saturated carbocycles. The molecule has 5 nitrogen and oxygen atoms in total. The molecule has 0 unspecified atom stereocenters. The largest absolute Gasteiger partial charge is 0.480 e. The van der Waals surface area contributed by atoms with E-state index in [0.717, 1.165) is 0 Å². The summed E-state index contributed by atoms with van der Waals surface area (Å²) in [7, 11) is 0. The number of hydrogen-bond donors (Lipinski definition) is 3. The molecule has 0 heterocycles. The molecule has 2 atom stereocenters. The van der Waals surface area contributed by atoms with E-state index in [2.05, 4.69) is 5.32 Å². The molecule has 5 heteroatoms. The summed E-state index contributed by atoms with van der Waals surface area (Å²) >= 11 is 0. The molecule has 3 N–H and O–H groups in total. The summed E-state index contributed by atoms with van der Waals surface area (Å²) in [6.07, 6.45) is -1.09. The minimum Gasteiger partial charge on any atom is -0.480 e. The minimum absolute atomic E-state index is 0.474. The van der Waals surface area contributed by atoms with Gasteiger partial charge in [0.1, 0.15) is 0 Å². The highest BCUT2D eigenvalue weighted by molar-refractivity contribution is 5.82. The fraction of sp³-hybridized carbons (Fsp3) is 0.667. The highest BCUT2D eigenvalue weighted by atomic mass is 16.4. The van der Waals surface area contributed by atoms with Crippen molar-refractivity contribution < 1.29 is 19.8 Å². The Kier molecular flexibility index (Phi) is 3.53. The van der Waals surface area contributed by atoms with Gasteiger partial charge in [-0.2, -0.15) is 0 Å². The molecule has 0 aliphatic heterocycles. The van der Waals surface area contributed by atoms with Gasteiger partial charge in [0.05, 0.1) is 6.10 Å². The van der Waals surface area contributed by atoms with Gasteiger partial charge in [0.2, 0.25) is 5.91 Å². The van der Waals surface area contributed by atoms with E-state index in [-0.39, 0.29) is 0 Å². The third-order valence-corrected chi connectivity index (χ3v) is 1.11. The molecule has 11 heavy (non-hydrogen) atoms. The lowest BCUT2D eigenvalue weighted by molar-refractivity contribution is -0.144. The molecule has 0 saturated heterocycles. The molecule has 0 spiro atoms. The molecular formula is C6H11NO4. The standard InChI is InChI=1S/C6H11NO4/c1-3(8)5(6(10)11)7-4(2)9/h3,5,8H,1-2H3,(H,7,9)(H,10,11)/t3-,5-/m1/s1. The molecule has 1 amide bonds. The van der Waals surface area contributed by atoms with Gasteiger partial charge in [0.15, 0.2) is 6.04 Å². The molecule has 0 fully saturated rings. The molecule has 0 aliphatic rings. The van der Waals surface area contributed by atoms with Gasteiger partial charge in [-0.15, -0.1) is 0 Å². The van der Waals surface area contributed by atoms with Crippen LogP contribution in [0.2, 0.25) is 0 Å². The van der Waals surface area contributed by atoms with Gasteiger partial charge in [0.25, 0.3) is 0 Å². The third kappa shape index (κ3) is 3.57. The first-order chi connectivity index (χ1) is 4.95. The van der Waals surface area contributed by atoms with Crippen LogP contribution in [0.4, 0.5) is 0 Å². The van der Waals surface area contributed by atoms with Gasteiger partial charge < -0.3 is 15.5 Å². The number of rotatable bonds is 3. The van der Waals surface area contributed by atoms with Crippen LogP contribution < -0.4 is 5.32 Å². The number of carbonyl (C=O) groups excluding carboxylic acids is 1. The quantitative estimate of drug-likeness (QED) is 0.493. The molecule has 0 bridgehead atoms. The number of carboxylic acids is 1. The molecule has 0 aromatic heterocycles. The Morgan fingerprint density at radius 3 is 2.00 bits per heavy atom. The molecule has 64 valence electrons. The van der Waals surface area contributed by atoms with Gasteiger partial charge in [-0.05, 0) is 6.92 Å². The summed E-state index contributed by atoms with van der Waals surface area (Å²) in [6.45, 7) is 2.49. The van der Waals surface area contributed by atoms with Crippen molar-refractivity contribution in [1.29, 1.82) is 0 Å². The maximum absolute atomic E-state index is 10.4. The number of nitrogens with one attached hydrogen (secondary N) is 1. The minimum atomic E-state index is -1.24. The predicted molar refractivity (Wildman–Crippen MR) is 36.9 cm³/mol. The van der Waals surface area contributed by atoms with Crippen molar-refractivity contribution in [1.82, 2.24) is 5.32 Å². The van der Waals surface area contributed by atoms with E-state index in [9.17, 15) is 9.59 Å². The Bertz CT molecular complexity index is 166. The van der Waals surface area contributed by atoms with Crippen LogP contribution in [0.5, 0.6) is 0 Å². The number of carboxylic acid groups (broad SMARTS) is 1. The zero-order valence-corrected chi connectivity index (χ0v) is 6.37. The fourth-order valence-electron chi connectivity index (χ4n) is 0.608. The molecule has 0 aliphatic carbocycles. The number of aliphatic hydroxyl groups excluding tert-OH is 1. The lowest BCUT2D eigenvalue weighted by Gasteiger charge is -2.15. The van der Waals surface area contributed by atoms with Crippen LogP contribution in [0.3, 0.4) is 0 Å². The summed E-state index contributed by atoms with van der Waals surface area (Å²) in [5.74, 6) is -1.71. The highest BCUT2D eigenvalue weighted by Gasteiger charge is 2.23. The molecule has 0 aromatic carbocycles. The fourth-order valence-corrected chi connectivity index (χ4v) is 0.608. The predicted octanol–water partition coefficient (Wildman–Crippen LogP) is -1.04. The van der Waals surface area contributed by atoms with Gasteiger partial charge in [-0.25, -0.2) is 4.79 Å². The van der Waals surface area contributed by atoms with E-state index >= 15 is 0 Å². The summed E-state index contributed by atoms with van der Waals surface area (Å²) in [6, 6.07) is -1.22. The number of amides is 1. The van der Waals surface area contributed by atoms with Crippen LogP contribution >= 0.6 is 0 Å². The molecule has 0 rings (SSSR count). The van der Waals surface area contributed by atoms with Crippen LogP contribution in [0.15, 0.2) is 0 Å². The van der Waals surface area contributed by atoms with Crippen LogP contribution in [-0.4, -0.2) is 34.2 Å². The van der Waals surface area contributed by atoms with E-state index in [4.69, 9.17) is 10.2 Å². The van der Waals surface area contributed by atoms with Crippen LogP contribution in [0.1, 0.15) is 13.8 Å². The van der Waals surface area contributed by atoms with Gasteiger partial charge in [-0.3, -0.25) is 4.79 Å². The Balaban J connectivity index is 4.12. The lowest BCUT2D eigenvalue weighted by atomic mass is 10.2. The van der Waals surface area contributed by atoms with Crippen molar-refractivity contribution >= 4 is 11.9 Å². The first-order valence-corrected chi connectivity index (χ1v) is 3.13. The van der Waals surface area contributed by atoms with Crippen LogP contribution in [0, 0.1) is 0 Å². The Labute approximate surface area is 64.0 Å². The number of carbonyl (C=O) groups is 2. The number of aliphatic carboxylic acids is 1. The SMILES string of the molecule is CC(=O)N[C@@H](C(=O)O)[C@@H](C)O. The Morgan fingerprint density at radius 2 is 1.91 bits per heavy atom. The van der Waals surface area contributed by atoms with Crippen molar-refractivity contribution in [3.05, 3.63) is 0 Å². The third-order valence-electron chi connectivity index (χ3n) is 1.11. The van der Waals surface area contributed by atoms with E-state index in [1.807, 2.05) is 0 Å². The van der Waals surface area contributed by atoms with Gasteiger partial charge >= 0.3 is 5.97 Å². The van der Waals surface area contributed by atoms with Crippen LogP contribution in [-0.2, 0) is 9.59 Å². The van der Waals surface area contributed by atoms with Crippen molar-refractivity contribution in [2.75, 3.05) is 0 Å². The Hall–Kier alpha value is -1.10. The second-order valence-corrected chi connectivity index (χ2v) is 2.26. The van der Waals surface area contributed by atoms with E-state index in [1.165, 1.54) is 13.8 Å². The molecular weight excluding hydrogens is 150 g/mol. The zero-order chi connectivity index (χ0) is 9.02. The lowest BCUT2D eigenvalue weighted by Crippen LogP contribution is -2.46. The van der Waals surface area contributed by atoms with Crippen molar-refractivity contribution in [3.8, 4) is 0 Å². The summed E-state index contributed by atoms with van der Waals surface area (Å²) in [4.78, 5) is 20.7. The highest BCUT2D eigenvalue weighted by Crippen LogP contribution is 1.91. The number of aliphatic hydroxyl groups is 1. The van der Waals surface area contributed by atoms with Gasteiger partial charge in [0, 0.05) is 6.92 Å². The topological polar surface area (TPSA) is 86.6 Å². The number of hydrogen-bond acceptors (Lipinski definition) is 3. The second kappa shape index (κ2) is 3.92. The molecule has 0 aromatic rings. The second-order valence-electron chi connectivity index (χ2n) is 2.26. The van der Waals surface area contributed by atoms with E-state index in [1.54, 1.807) is 0 Å². The summed E-state index contributed by atoms with van der Waals surface area (Å²) in [5, 5.41) is 19.3. The van der Waals surface area contributed by atoms with E-state index in [0.29, 0.717) is 0 Å². The zero-order valence-electron chi connectivity index (χ0n) is 6.37. The monoisotopic (exact) mass is 161 g/mol. The normalized spacial score (nSPS) is 15.2. The Morgan fingerprint density at radius 1 is 1.45 bits per heavy atom. The smallest absolute Gasteiger partial charge is 0.328 e. The first kappa shape index (κ1) is 9.90. The maximum Gasteiger partial charge on any atom is 0.328 e. The summed E-state index contributed by atoms with van der Waals surface area (Å²) < 4.78 is 0. The average molecular weight is 161 g/mol. The first-order valence-electron chi connectivity index (χ1n) is 3.13.